The lowest BCUT2D eigenvalue weighted by Crippen LogP contribution is -2.45. The minimum atomic E-state index is -4.93. The predicted molar refractivity (Wildman–Crippen MR) is 162 cm³/mol. The molecule has 1 aliphatic carbocycles. The van der Waals surface area contributed by atoms with E-state index in [9.17, 15) is 26.4 Å². The van der Waals surface area contributed by atoms with Crippen LogP contribution in [-0.2, 0) is 30.7 Å². The van der Waals surface area contributed by atoms with Crippen molar-refractivity contribution in [3.63, 3.8) is 0 Å². The second-order valence-corrected chi connectivity index (χ2v) is 13.8. The Morgan fingerprint density at radius 3 is 2.41 bits per heavy atom. The smallest absolute Gasteiger partial charge is 0.471 e. The van der Waals surface area contributed by atoms with Crippen LogP contribution in [0.4, 0.5) is 13.2 Å². The lowest BCUT2D eigenvalue weighted by molar-refractivity contribution is -0.173. The average molecular weight is 707 g/mol. The van der Waals surface area contributed by atoms with E-state index in [-0.39, 0.29) is 56.6 Å². The number of nitrogens with zero attached hydrogens (tertiary/aromatic N) is 1. The number of halogens is 4. The molecule has 0 spiro atoms. The number of likely N-dealkylation sites (tertiary alicyclic amines) is 1. The summed E-state index contributed by atoms with van der Waals surface area (Å²) in [5.74, 6) is -0.800. The van der Waals surface area contributed by atoms with Gasteiger partial charge in [0.15, 0.2) is 0 Å². The molecule has 0 radical (unpaired) electrons. The minimum absolute atomic E-state index is 0.0191. The number of piperidine rings is 1. The van der Waals surface area contributed by atoms with Gasteiger partial charge in [0.05, 0.1) is 37.4 Å². The molecule has 2 aromatic rings. The van der Waals surface area contributed by atoms with Crippen molar-refractivity contribution in [1.82, 2.24) is 14.9 Å². The number of nitrogens with one attached hydrogen (secondary N) is 2. The van der Waals surface area contributed by atoms with Crippen molar-refractivity contribution in [2.75, 3.05) is 52.6 Å². The van der Waals surface area contributed by atoms with Crippen LogP contribution in [-0.4, -0.2) is 84.0 Å². The Kier molecular flexibility index (Phi) is 12.1. The lowest BCUT2D eigenvalue weighted by Gasteiger charge is -2.38. The Morgan fingerprint density at radius 1 is 1.07 bits per heavy atom. The number of amides is 1. The highest BCUT2D eigenvalue weighted by Crippen LogP contribution is 2.42. The molecular weight excluding hydrogens is 667 g/mol. The molecule has 2 N–H and O–H groups in total. The zero-order chi connectivity index (χ0) is 31.9. The highest BCUT2D eigenvalue weighted by molar-refractivity contribution is 9.10. The molecule has 1 fully saturated rings. The van der Waals surface area contributed by atoms with Gasteiger partial charge in [-0.05, 0) is 85.7 Å². The fourth-order valence-electron chi connectivity index (χ4n) is 5.62. The third-order valence-electron chi connectivity index (χ3n) is 7.70. The van der Waals surface area contributed by atoms with E-state index in [0.29, 0.717) is 11.7 Å². The van der Waals surface area contributed by atoms with E-state index < -0.39 is 22.1 Å². The molecule has 0 saturated carbocycles. The van der Waals surface area contributed by atoms with Gasteiger partial charge in [0.1, 0.15) is 11.9 Å². The zero-order valence-electron chi connectivity index (χ0n) is 24.8. The maximum atomic E-state index is 12.8. The molecule has 44 heavy (non-hydrogen) atoms. The number of hydrogen-bond acceptors (Lipinski definition) is 7. The summed E-state index contributed by atoms with van der Waals surface area (Å²) in [7, 11) is -3.79. The first kappa shape index (κ1) is 34.6. The Labute approximate surface area is 265 Å². The molecule has 0 aromatic heterocycles. The van der Waals surface area contributed by atoms with Crippen LogP contribution >= 0.6 is 15.9 Å². The summed E-state index contributed by atoms with van der Waals surface area (Å²) in [4.78, 5) is 13.3. The van der Waals surface area contributed by atoms with Crippen LogP contribution in [0.3, 0.4) is 0 Å². The topological polar surface area (TPSA) is 106 Å². The number of rotatable bonds is 14. The van der Waals surface area contributed by atoms with Gasteiger partial charge in [-0.25, -0.2) is 13.1 Å². The van der Waals surface area contributed by atoms with Crippen molar-refractivity contribution in [1.29, 1.82) is 0 Å². The summed E-state index contributed by atoms with van der Waals surface area (Å²) in [6, 6.07) is 10.9. The summed E-state index contributed by atoms with van der Waals surface area (Å²) in [5, 5.41) is 1.69. The summed E-state index contributed by atoms with van der Waals surface area (Å²) in [6.45, 7) is 6.30. The van der Waals surface area contributed by atoms with E-state index in [1.807, 2.05) is 0 Å². The monoisotopic (exact) mass is 705 g/mol. The summed E-state index contributed by atoms with van der Waals surface area (Å²) in [6.07, 6.45) is -1.83. The first-order valence-electron chi connectivity index (χ1n) is 14.6. The van der Waals surface area contributed by atoms with Crippen LogP contribution in [0.15, 0.2) is 45.8 Å². The SMILES string of the molecule is Cc1cc(Br)c2c(c1)[C@H](Oc1ccc(S(=O)(=O)NCCOCCOCCNC(=O)C(F)(F)F)cc1)[C@@H](N1CCC[C@H](C)C1)C2. The standard InChI is InChI=1S/C30H39BrF3N3O6S/c1-20-4-3-11-37(19-20)27-18-24-25(16-21(2)17-26(24)31)28(27)43-22-5-7-23(8-6-22)44(39,40)36-10-13-42-15-14-41-12-9-35-29(38)30(32,33)34/h5-8,16-17,20,27-28,36H,3-4,9-15,18-19H2,1-2H3,(H,35,38)/t20-,27-,28-/m0/s1. The number of fused-ring (bicyclic) bond motifs is 1. The third kappa shape index (κ3) is 9.39. The molecule has 1 amide bonds. The highest BCUT2D eigenvalue weighted by Gasteiger charge is 2.40. The quantitative estimate of drug-likeness (QED) is 0.279. The van der Waals surface area contributed by atoms with Gasteiger partial charge in [0.2, 0.25) is 10.0 Å². The maximum Gasteiger partial charge on any atom is 0.471 e. The van der Waals surface area contributed by atoms with Crippen molar-refractivity contribution in [3.05, 3.63) is 57.6 Å². The molecule has 2 aliphatic rings. The summed E-state index contributed by atoms with van der Waals surface area (Å²) in [5.41, 5.74) is 3.57. The van der Waals surface area contributed by atoms with Gasteiger partial charge in [-0.3, -0.25) is 9.69 Å². The van der Waals surface area contributed by atoms with Gasteiger partial charge in [-0.15, -0.1) is 0 Å². The second kappa shape index (κ2) is 15.4. The molecule has 0 bridgehead atoms. The number of alkyl halides is 3. The molecular formula is C30H39BrF3N3O6S. The van der Waals surface area contributed by atoms with Crippen LogP contribution in [0.25, 0.3) is 0 Å². The Morgan fingerprint density at radius 2 is 1.75 bits per heavy atom. The number of carbonyl (C=O) groups excluding carboxylic acids is 1. The highest BCUT2D eigenvalue weighted by atomic mass is 79.9. The van der Waals surface area contributed by atoms with Crippen molar-refractivity contribution >= 4 is 31.9 Å². The molecule has 4 rings (SSSR count). The second-order valence-electron chi connectivity index (χ2n) is 11.2. The number of carbonyl (C=O) groups is 1. The Bertz CT molecular complexity index is 1380. The van der Waals surface area contributed by atoms with Crippen LogP contribution in [0.5, 0.6) is 5.75 Å². The Balaban J connectivity index is 1.25. The maximum absolute atomic E-state index is 12.8. The van der Waals surface area contributed by atoms with Crippen LogP contribution in [0.2, 0.25) is 0 Å². The van der Waals surface area contributed by atoms with Crippen LogP contribution in [0.1, 0.15) is 42.6 Å². The first-order valence-corrected chi connectivity index (χ1v) is 16.9. The number of benzene rings is 2. The predicted octanol–water partition coefficient (Wildman–Crippen LogP) is 4.52. The van der Waals surface area contributed by atoms with E-state index in [1.54, 1.807) is 17.4 Å². The average Bonchev–Trinajstić information content (AvgIpc) is 3.32. The van der Waals surface area contributed by atoms with Gasteiger partial charge >= 0.3 is 12.1 Å². The summed E-state index contributed by atoms with van der Waals surface area (Å²) < 4.78 is 82.4. The van der Waals surface area contributed by atoms with Crippen LogP contribution in [0, 0.1) is 12.8 Å². The fourth-order valence-corrected chi connectivity index (χ4v) is 7.38. The van der Waals surface area contributed by atoms with Gasteiger partial charge in [0, 0.05) is 24.1 Å². The van der Waals surface area contributed by atoms with Crippen molar-refractivity contribution in [2.45, 2.75) is 56.3 Å². The number of aryl methyl sites for hydroxylation is 1. The third-order valence-corrected chi connectivity index (χ3v) is 9.88. The lowest BCUT2D eigenvalue weighted by atomic mass is 9.97. The first-order chi connectivity index (χ1) is 20.8. The number of sulfonamides is 1. The molecule has 2 aromatic carbocycles. The van der Waals surface area contributed by atoms with E-state index in [1.165, 1.54) is 24.1 Å². The van der Waals surface area contributed by atoms with Gasteiger partial charge in [-0.2, -0.15) is 13.2 Å². The molecule has 3 atom stereocenters. The van der Waals surface area contributed by atoms with Crippen molar-refractivity contribution < 1.29 is 40.6 Å². The van der Waals surface area contributed by atoms with Crippen molar-refractivity contribution in [3.8, 4) is 5.75 Å². The Hall–Kier alpha value is -2.23. The van der Waals surface area contributed by atoms with Gasteiger partial charge in [0.25, 0.3) is 0 Å². The van der Waals surface area contributed by atoms with Gasteiger partial charge < -0.3 is 19.5 Å². The molecule has 1 heterocycles. The summed E-state index contributed by atoms with van der Waals surface area (Å²) >= 11 is 3.76. The largest absolute Gasteiger partial charge is 0.484 e. The van der Waals surface area contributed by atoms with Gasteiger partial charge in [-0.1, -0.05) is 28.9 Å². The van der Waals surface area contributed by atoms with E-state index >= 15 is 0 Å². The zero-order valence-corrected chi connectivity index (χ0v) is 27.2. The molecule has 244 valence electrons. The molecule has 1 aliphatic heterocycles. The molecule has 14 heteroatoms. The number of ether oxygens (including phenoxy) is 3. The molecule has 0 unspecified atom stereocenters. The van der Waals surface area contributed by atoms with E-state index in [0.717, 1.165) is 41.5 Å². The minimum Gasteiger partial charge on any atom is -0.484 e. The molecule has 9 nitrogen and oxygen atoms in total. The van der Waals surface area contributed by atoms with Crippen molar-refractivity contribution in [2.24, 2.45) is 5.92 Å². The molecule has 1 saturated heterocycles. The fraction of sp³-hybridized carbons (Fsp3) is 0.567. The van der Waals surface area contributed by atoms with E-state index in [2.05, 4.69) is 51.5 Å². The van der Waals surface area contributed by atoms with E-state index in [4.69, 9.17) is 14.2 Å². The number of hydrogen-bond donors (Lipinski definition) is 2. The van der Waals surface area contributed by atoms with Crippen LogP contribution < -0.4 is 14.8 Å². The normalized spacial score (nSPS) is 20.8.